The van der Waals surface area contributed by atoms with Crippen molar-refractivity contribution < 1.29 is 32.3 Å². The molecule has 0 radical (unpaired) electrons. The fourth-order valence-corrected chi connectivity index (χ4v) is 1.88. The molecule has 0 aliphatic carbocycles. The molecule has 27 heavy (non-hydrogen) atoms. The molecule has 0 spiro atoms. The predicted molar refractivity (Wildman–Crippen MR) is 91.0 cm³/mol. The molecule has 0 unspecified atom stereocenters. The number of halogens is 3. The Hall–Kier alpha value is -2.62. The summed E-state index contributed by atoms with van der Waals surface area (Å²) in [6.45, 7) is 5.16. The van der Waals surface area contributed by atoms with E-state index in [0.717, 1.165) is 17.0 Å². The van der Waals surface area contributed by atoms with Crippen LogP contribution in [-0.4, -0.2) is 54.7 Å². The molecular weight excluding hydrogens is 367 g/mol. The van der Waals surface area contributed by atoms with E-state index in [-0.39, 0.29) is 18.0 Å². The van der Waals surface area contributed by atoms with Crippen molar-refractivity contribution in [1.82, 2.24) is 15.5 Å². The SMILES string of the molecule is CN(CC(=O)NC(=O)c1ccccc1OC(F)(F)F)C(=O)CNC(C)(C)C. The minimum absolute atomic E-state index is 0.0104. The van der Waals surface area contributed by atoms with E-state index < -0.39 is 36.0 Å². The van der Waals surface area contributed by atoms with Crippen LogP contribution < -0.4 is 15.4 Å². The number of hydrogen-bond donors (Lipinski definition) is 2. The van der Waals surface area contributed by atoms with E-state index in [0.29, 0.717) is 0 Å². The molecule has 1 aromatic carbocycles. The Balaban J connectivity index is 2.67. The molecule has 3 amide bonds. The van der Waals surface area contributed by atoms with Gasteiger partial charge in [0.1, 0.15) is 5.75 Å². The van der Waals surface area contributed by atoms with Crippen LogP contribution in [0.1, 0.15) is 31.1 Å². The van der Waals surface area contributed by atoms with E-state index in [9.17, 15) is 27.6 Å². The number of ether oxygens (including phenoxy) is 1. The number of rotatable bonds is 6. The van der Waals surface area contributed by atoms with Gasteiger partial charge in [-0.05, 0) is 32.9 Å². The van der Waals surface area contributed by atoms with Gasteiger partial charge in [-0.15, -0.1) is 13.2 Å². The van der Waals surface area contributed by atoms with Crippen molar-refractivity contribution >= 4 is 17.7 Å². The fourth-order valence-electron chi connectivity index (χ4n) is 1.88. The van der Waals surface area contributed by atoms with Crippen LogP contribution in [0.25, 0.3) is 0 Å². The second kappa shape index (κ2) is 8.85. The highest BCUT2D eigenvalue weighted by atomic mass is 19.4. The van der Waals surface area contributed by atoms with Gasteiger partial charge in [-0.2, -0.15) is 0 Å². The van der Waals surface area contributed by atoms with Crippen molar-refractivity contribution in [2.24, 2.45) is 0 Å². The van der Waals surface area contributed by atoms with Gasteiger partial charge in [-0.1, -0.05) is 12.1 Å². The maximum Gasteiger partial charge on any atom is 0.573 e. The molecular formula is C17H22F3N3O4. The Kier molecular flexibility index (Phi) is 7.35. The zero-order chi connectivity index (χ0) is 20.8. The first-order valence-electron chi connectivity index (χ1n) is 7.96. The number of hydrogen-bond acceptors (Lipinski definition) is 5. The third kappa shape index (κ3) is 8.54. The van der Waals surface area contributed by atoms with Gasteiger partial charge in [0, 0.05) is 12.6 Å². The molecule has 0 bridgehead atoms. The lowest BCUT2D eigenvalue weighted by molar-refractivity contribution is -0.274. The Bertz CT molecular complexity index is 699. The van der Waals surface area contributed by atoms with Gasteiger partial charge in [0.15, 0.2) is 0 Å². The zero-order valence-corrected chi connectivity index (χ0v) is 15.4. The lowest BCUT2D eigenvalue weighted by atomic mass is 10.1. The minimum atomic E-state index is -4.98. The first-order chi connectivity index (χ1) is 12.3. The molecule has 7 nitrogen and oxygen atoms in total. The van der Waals surface area contributed by atoms with Crippen molar-refractivity contribution in [1.29, 1.82) is 0 Å². The number of para-hydroxylation sites is 1. The van der Waals surface area contributed by atoms with Crippen LogP contribution in [0.15, 0.2) is 24.3 Å². The Morgan fingerprint density at radius 2 is 1.70 bits per heavy atom. The monoisotopic (exact) mass is 389 g/mol. The van der Waals surface area contributed by atoms with Crippen molar-refractivity contribution in [3.8, 4) is 5.75 Å². The summed E-state index contributed by atoms with van der Waals surface area (Å²) >= 11 is 0. The van der Waals surface area contributed by atoms with E-state index in [4.69, 9.17) is 0 Å². The Morgan fingerprint density at radius 3 is 2.26 bits per heavy atom. The molecule has 0 atom stereocenters. The molecule has 0 fully saturated rings. The van der Waals surface area contributed by atoms with Crippen molar-refractivity contribution in [2.75, 3.05) is 20.1 Å². The molecule has 0 saturated heterocycles. The molecule has 0 aliphatic heterocycles. The standard InChI is InChI=1S/C17H22F3N3O4/c1-16(2,3)21-9-14(25)23(4)10-13(24)22-15(26)11-7-5-6-8-12(11)27-17(18,19)20/h5-8,21H,9-10H2,1-4H3,(H,22,24,26). The van der Waals surface area contributed by atoms with Crippen molar-refractivity contribution in [3.63, 3.8) is 0 Å². The predicted octanol–water partition coefficient (Wildman–Crippen LogP) is 1.69. The summed E-state index contributed by atoms with van der Waals surface area (Å²) in [6, 6.07) is 4.64. The number of nitrogens with one attached hydrogen (secondary N) is 2. The molecule has 10 heteroatoms. The Labute approximate surface area is 154 Å². The van der Waals surface area contributed by atoms with Crippen molar-refractivity contribution in [3.05, 3.63) is 29.8 Å². The average Bonchev–Trinajstić information content (AvgIpc) is 2.50. The first kappa shape index (κ1) is 22.4. The number of carbonyl (C=O) groups excluding carboxylic acids is 3. The first-order valence-corrected chi connectivity index (χ1v) is 7.96. The van der Waals surface area contributed by atoms with Gasteiger partial charge < -0.3 is 15.0 Å². The second-order valence-electron chi connectivity index (χ2n) is 6.77. The number of imide groups is 1. The third-order valence-corrected chi connectivity index (χ3v) is 3.19. The van der Waals surface area contributed by atoms with Gasteiger partial charge in [0.2, 0.25) is 11.8 Å². The van der Waals surface area contributed by atoms with Crippen LogP contribution >= 0.6 is 0 Å². The summed E-state index contributed by atoms with van der Waals surface area (Å²) in [5.74, 6) is -3.01. The van der Waals surface area contributed by atoms with E-state index >= 15 is 0 Å². The molecule has 0 saturated carbocycles. The second-order valence-corrected chi connectivity index (χ2v) is 6.77. The molecule has 2 N–H and O–H groups in total. The maximum atomic E-state index is 12.4. The fraction of sp³-hybridized carbons (Fsp3) is 0.471. The lowest BCUT2D eigenvalue weighted by Gasteiger charge is -2.23. The summed E-state index contributed by atoms with van der Waals surface area (Å²) in [4.78, 5) is 37.0. The number of carbonyl (C=O) groups is 3. The van der Waals surface area contributed by atoms with Crippen LogP contribution in [-0.2, 0) is 9.59 Å². The molecule has 150 valence electrons. The zero-order valence-electron chi connectivity index (χ0n) is 15.4. The molecule has 1 aromatic rings. The number of benzene rings is 1. The van der Waals surface area contributed by atoms with Gasteiger partial charge >= 0.3 is 6.36 Å². The highest BCUT2D eigenvalue weighted by molar-refractivity contribution is 6.07. The van der Waals surface area contributed by atoms with Gasteiger partial charge in [0.05, 0.1) is 18.7 Å². The van der Waals surface area contributed by atoms with Crippen LogP contribution in [0.2, 0.25) is 0 Å². The quantitative estimate of drug-likeness (QED) is 0.773. The topological polar surface area (TPSA) is 87.7 Å². The van der Waals surface area contributed by atoms with Crippen LogP contribution in [0.4, 0.5) is 13.2 Å². The van der Waals surface area contributed by atoms with Gasteiger partial charge in [-0.3, -0.25) is 19.7 Å². The summed E-state index contributed by atoms with van der Waals surface area (Å²) in [6.07, 6.45) is -4.98. The molecule has 1 rings (SSSR count). The van der Waals surface area contributed by atoms with E-state index in [1.54, 1.807) is 0 Å². The normalized spacial score (nSPS) is 11.7. The highest BCUT2D eigenvalue weighted by Gasteiger charge is 2.33. The molecule has 0 aromatic heterocycles. The van der Waals surface area contributed by atoms with Crippen molar-refractivity contribution in [2.45, 2.75) is 32.7 Å². The largest absolute Gasteiger partial charge is 0.573 e. The minimum Gasteiger partial charge on any atom is -0.405 e. The smallest absolute Gasteiger partial charge is 0.405 e. The number of likely N-dealkylation sites (N-methyl/N-ethyl adjacent to an activating group) is 1. The van der Waals surface area contributed by atoms with Gasteiger partial charge in [0.25, 0.3) is 5.91 Å². The van der Waals surface area contributed by atoms with Gasteiger partial charge in [-0.25, -0.2) is 0 Å². The van der Waals surface area contributed by atoms with E-state index in [1.807, 2.05) is 26.1 Å². The lowest BCUT2D eigenvalue weighted by Crippen LogP contribution is -2.47. The van der Waals surface area contributed by atoms with Crippen LogP contribution in [0, 0.1) is 0 Å². The molecule has 0 heterocycles. The average molecular weight is 389 g/mol. The summed E-state index contributed by atoms with van der Waals surface area (Å²) in [5.41, 5.74) is -0.747. The third-order valence-electron chi connectivity index (χ3n) is 3.19. The number of nitrogens with zero attached hydrogens (tertiary/aromatic N) is 1. The van der Waals surface area contributed by atoms with E-state index in [2.05, 4.69) is 10.1 Å². The number of alkyl halides is 3. The van der Waals surface area contributed by atoms with Crippen LogP contribution in [0.3, 0.4) is 0 Å². The van der Waals surface area contributed by atoms with Crippen LogP contribution in [0.5, 0.6) is 5.75 Å². The summed E-state index contributed by atoms with van der Waals surface area (Å²) in [5, 5.41) is 4.90. The number of amides is 3. The maximum absolute atomic E-state index is 12.4. The van der Waals surface area contributed by atoms with E-state index in [1.165, 1.54) is 19.2 Å². The summed E-state index contributed by atoms with van der Waals surface area (Å²) in [7, 11) is 1.37. The molecule has 0 aliphatic rings. The Morgan fingerprint density at radius 1 is 1.11 bits per heavy atom. The summed E-state index contributed by atoms with van der Waals surface area (Å²) < 4.78 is 41.0. The highest BCUT2D eigenvalue weighted by Crippen LogP contribution is 2.26.